The predicted octanol–water partition coefficient (Wildman–Crippen LogP) is 4.69. The molecule has 0 saturated heterocycles. The molecule has 5 nitrogen and oxygen atoms in total. The summed E-state index contributed by atoms with van der Waals surface area (Å²) in [7, 11) is 0. The number of carbonyl (C=O) groups excluding carboxylic acids is 1. The van der Waals surface area contributed by atoms with E-state index in [1.165, 1.54) is 6.21 Å². The van der Waals surface area contributed by atoms with E-state index in [9.17, 15) is 4.79 Å². The summed E-state index contributed by atoms with van der Waals surface area (Å²) in [5.74, 6) is 0.0279. The van der Waals surface area contributed by atoms with Gasteiger partial charge in [0.2, 0.25) is 0 Å². The Morgan fingerprint density at radius 1 is 1.35 bits per heavy atom. The maximum absolute atomic E-state index is 12.0. The molecule has 2 rings (SSSR count). The van der Waals surface area contributed by atoms with Crippen LogP contribution in [0, 0.1) is 0 Å². The molecule has 0 aliphatic rings. The lowest BCUT2D eigenvalue weighted by Gasteiger charge is -2.12. The molecule has 0 spiro atoms. The van der Waals surface area contributed by atoms with Gasteiger partial charge < -0.3 is 15.3 Å². The first kappa shape index (κ1) is 17.8. The molecule has 0 heterocycles. The second-order valence-electron chi connectivity index (χ2n) is 4.37. The van der Waals surface area contributed by atoms with Gasteiger partial charge in [-0.05, 0) is 40.2 Å². The molecule has 2 aromatic carbocycles. The normalized spacial score (nSPS) is 10.7. The molecule has 2 N–H and O–H groups in total. The minimum Gasteiger partial charge on any atom is -0.482 e. The number of hydrogen-bond acceptors (Lipinski definition) is 4. The highest BCUT2D eigenvalue weighted by Crippen LogP contribution is 2.32. The van der Waals surface area contributed by atoms with Crippen LogP contribution in [0.3, 0.4) is 0 Å². The Morgan fingerprint density at radius 3 is 2.78 bits per heavy atom. The summed E-state index contributed by atoms with van der Waals surface area (Å²) >= 11 is 12.7. The minimum atomic E-state index is -0.361. The molecule has 0 bridgehead atoms. The Labute approximate surface area is 154 Å². The Morgan fingerprint density at radius 2 is 2.09 bits per heavy atom. The summed E-state index contributed by atoms with van der Waals surface area (Å²) in [6.45, 7) is -0.224. The van der Waals surface area contributed by atoms with Crippen molar-refractivity contribution in [2.24, 2.45) is 5.16 Å². The van der Waals surface area contributed by atoms with E-state index < -0.39 is 0 Å². The Hall–Kier alpha value is -1.57. The van der Waals surface area contributed by atoms with Crippen LogP contribution in [-0.2, 0) is 4.79 Å². The minimum absolute atomic E-state index is 0.224. The van der Waals surface area contributed by atoms with Crippen LogP contribution in [0.5, 0.6) is 5.75 Å². The fraction of sp³-hybridized carbons (Fsp3) is 0.0667. The summed E-state index contributed by atoms with van der Waals surface area (Å²) in [6, 6.07) is 10.4. The second-order valence-corrected chi connectivity index (χ2v) is 6.54. The van der Waals surface area contributed by atoms with E-state index in [2.05, 4.69) is 42.3 Å². The fourth-order valence-corrected chi connectivity index (χ4v) is 3.33. The van der Waals surface area contributed by atoms with Crippen molar-refractivity contribution in [3.8, 4) is 5.75 Å². The standard InChI is InChI=1S/C15H11Br2ClN2O3/c16-10-5-9(7-19-22)15(11(17)6-10)23-8-14(21)20-13-4-2-1-3-12(13)18/h1-7,22H,8H2,(H,20,21)/b19-7+. The first-order chi connectivity index (χ1) is 11.0. The number of para-hydroxylation sites is 1. The maximum atomic E-state index is 12.0. The topological polar surface area (TPSA) is 70.9 Å². The number of rotatable bonds is 5. The largest absolute Gasteiger partial charge is 0.482 e. The number of halogens is 3. The third kappa shape index (κ3) is 4.95. The molecule has 0 saturated carbocycles. The van der Waals surface area contributed by atoms with Gasteiger partial charge in [-0.1, -0.05) is 44.8 Å². The number of hydrogen-bond donors (Lipinski definition) is 2. The smallest absolute Gasteiger partial charge is 0.262 e. The molecule has 8 heteroatoms. The van der Waals surface area contributed by atoms with Gasteiger partial charge in [-0.25, -0.2) is 0 Å². The van der Waals surface area contributed by atoms with Gasteiger partial charge in [0, 0.05) is 10.0 Å². The number of carbonyl (C=O) groups is 1. The van der Waals surface area contributed by atoms with Crippen molar-refractivity contribution in [3.63, 3.8) is 0 Å². The van der Waals surface area contributed by atoms with E-state index in [1.54, 1.807) is 36.4 Å². The molecule has 23 heavy (non-hydrogen) atoms. The van der Waals surface area contributed by atoms with Crippen LogP contribution in [0.2, 0.25) is 5.02 Å². The van der Waals surface area contributed by atoms with Crippen LogP contribution in [0.1, 0.15) is 5.56 Å². The number of benzene rings is 2. The van der Waals surface area contributed by atoms with Gasteiger partial charge in [-0.3, -0.25) is 4.79 Å². The van der Waals surface area contributed by atoms with E-state index in [4.69, 9.17) is 21.5 Å². The molecule has 0 aromatic heterocycles. The fourth-order valence-electron chi connectivity index (χ4n) is 1.78. The van der Waals surface area contributed by atoms with Gasteiger partial charge in [0.05, 0.1) is 21.4 Å². The van der Waals surface area contributed by atoms with Crippen molar-refractivity contribution in [2.45, 2.75) is 0 Å². The number of nitrogens with zero attached hydrogens (tertiary/aromatic N) is 1. The first-order valence-electron chi connectivity index (χ1n) is 6.35. The SMILES string of the molecule is O=C(COc1c(Br)cc(Br)cc1/C=N/O)Nc1ccccc1Cl. The molecule has 0 radical (unpaired) electrons. The van der Waals surface area contributed by atoms with Crippen molar-refractivity contribution < 1.29 is 14.7 Å². The van der Waals surface area contributed by atoms with E-state index in [0.29, 0.717) is 26.5 Å². The molecule has 120 valence electrons. The number of oxime groups is 1. The monoisotopic (exact) mass is 460 g/mol. The van der Waals surface area contributed by atoms with Crippen LogP contribution in [0.15, 0.2) is 50.5 Å². The second kappa shape index (κ2) is 8.33. The zero-order chi connectivity index (χ0) is 16.8. The number of amides is 1. The molecule has 0 aliphatic carbocycles. The van der Waals surface area contributed by atoms with Crippen molar-refractivity contribution in [2.75, 3.05) is 11.9 Å². The predicted molar refractivity (Wildman–Crippen MR) is 96.8 cm³/mol. The van der Waals surface area contributed by atoms with Crippen molar-refractivity contribution in [1.82, 2.24) is 0 Å². The van der Waals surface area contributed by atoms with E-state index in [-0.39, 0.29) is 12.5 Å². The van der Waals surface area contributed by atoms with Crippen LogP contribution < -0.4 is 10.1 Å². The molecule has 1 amide bonds. The Balaban J connectivity index is 2.09. The molecule has 2 aromatic rings. The van der Waals surface area contributed by atoms with Crippen LogP contribution in [0.25, 0.3) is 0 Å². The average molecular weight is 463 g/mol. The maximum Gasteiger partial charge on any atom is 0.262 e. The first-order valence-corrected chi connectivity index (χ1v) is 8.31. The summed E-state index contributed by atoms with van der Waals surface area (Å²) < 4.78 is 6.91. The zero-order valence-corrected chi connectivity index (χ0v) is 15.5. The van der Waals surface area contributed by atoms with E-state index >= 15 is 0 Å². The van der Waals surface area contributed by atoms with Crippen molar-refractivity contribution in [3.05, 3.63) is 55.9 Å². The van der Waals surface area contributed by atoms with Gasteiger partial charge in [0.25, 0.3) is 5.91 Å². The lowest BCUT2D eigenvalue weighted by atomic mass is 10.2. The highest BCUT2D eigenvalue weighted by atomic mass is 79.9. The van der Waals surface area contributed by atoms with Gasteiger partial charge in [-0.15, -0.1) is 0 Å². The summed E-state index contributed by atoms with van der Waals surface area (Å²) in [4.78, 5) is 12.0. The lowest BCUT2D eigenvalue weighted by Crippen LogP contribution is -2.20. The molecule has 0 atom stereocenters. The molecule has 0 fully saturated rings. The number of nitrogens with one attached hydrogen (secondary N) is 1. The quantitative estimate of drug-likeness (QED) is 0.385. The highest BCUT2D eigenvalue weighted by molar-refractivity contribution is 9.11. The summed E-state index contributed by atoms with van der Waals surface area (Å²) in [5.41, 5.74) is 1.02. The summed E-state index contributed by atoms with van der Waals surface area (Å²) in [5, 5.41) is 14.8. The van der Waals surface area contributed by atoms with Crippen molar-refractivity contribution >= 4 is 61.3 Å². The highest BCUT2D eigenvalue weighted by Gasteiger charge is 2.12. The third-order valence-corrected chi connectivity index (χ3v) is 4.11. The lowest BCUT2D eigenvalue weighted by molar-refractivity contribution is -0.118. The third-order valence-electron chi connectivity index (χ3n) is 2.73. The van der Waals surface area contributed by atoms with Gasteiger partial charge >= 0.3 is 0 Å². The zero-order valence-electron chi connectivity index (χ0n) is 11.6. The number of anilines is 1. The van der Waals surface area contributed by atoms with Crippen LogP contribution >= 0.6 is 43.5 Å². The van der Waals surface area contributed by atoms with E-state index in [1.807, 2.05) is 0 Å². The average Bonchev–Trinajstić information content (AvgIpc) is 2.49. The molecular formula is C15H11Br2ClN2O3. The van der Waals surface area contributed by atoms with Gasteiger partial charge in [0.15, 0.2) is 6.61 Å². The van der Waals surface area contributed by atoms with Crippen LogP contribution in [-0.4, -0.2) is 23.9 Å². The molecule has 0 unspecified atom stereocenters. The van der Waals surface area contributed by atoms with Gasteiger partial charge in [-0.2, -0.15) is 0 Å². The van der Waals surface area contributed by atoms with Crippen LogP contribution in [0.4, 0.5) is 5.69 Å². The molecule has 0 aliphatic heterocycles. The Bertz CT molecular complexity index is 753. The van der Waals surface area contributed by atoms with E-state index in [0.717, 1.165) is 4.47 Å². The Kier molecular flexibility index (Phi) is 6.44. The summed E-state index contributed by atoms with van der Waals surface area (Å²) in [6.07, 6.45) is 1.22. The molecular weight excluding hydrogens is 451 g/mol. The van der Waals surface area contributed by atoms with Gasteiger partial charge in [0.1, 0.15) is 5.75 Å². The van der Waals surface area contributed by atoms with Crippen molar-refractivity contribution in [1.29, 1.82) is 0 Å². The number of ether oxygens (including phenoxy) is 1.